The fourth-order valence-electron chi connectivity index (χ4n) is 5.23. The lowest BCUT2D eigenvalue weighted by atomic mass is 9.86. The first-order valence-electron chi connectivity index (χ1n) is 12.5. The Hall–Kier alpha value is -2.75. The Morgan fingerprint density at radius 1 is 1.00 bits per heavy atom. The molecule has 0 amide bonds. The summed E-state index contributed by atoms with van der Waals surface area (Å²) < 4.78 is 19.3. The molecule has 0 aliphatic carbocycles. The van der Waals surface area contributed by atoms with Crippen molar-refractivity contribution in [3.8, 4) is 17.2 Å². The van der Waals surface area contributed by atoms with Crippen molar-refractivity contribution in [3.05, 3.63) is 63.7 Å². The van der Waals surface area contributed by atoms with Crippen LogP contribution in [0.5, 0.6) is 17.2 Å². The average Bonchev–Trinajstić information content (AvgIpc) is 2.75. The maximum absolute atomic E-state index is 13.2. The first kappa shape index (κ1) is 23.0. The number of carbonyl (C=O) groups excluding carboxylic acids is 1. The summed E-state index contributed by atoms with van der Waals surface area (Å²) >= 11 is 0. The monoisotopic (exact) mass is 460 g/mol. The summed E-state index contributed by atoms with van der Waals surface area (Å²) in [6, 6.07) is 8.20. The van der Waals surface area contributed by atoms with Crippen LogP contribution in [0.25, 0.3) is 0 Å². The van der Waals surface area contributed by atoms with Crippen molar-refractivity contribution in [1.29, 1.82) is 0 Å². The quantitative estimate of drug-likeness (QED) is 0.458. The zero-order valence-electron chi connectivity index (χ0n) is 21.3. The fraction of sp³-hybridized carbons (Fsp3) is 0.500. The molecule has 0 radical (unpaired) electrons. The summed E-state index contributed by atoms with van der Waals surface area (Å²) in [4.78, 5) is 13.2. The van der Waals surface area contributed by atoms with E-state index in [2.05, 4.69) is 59.8 Å². The van der Waals surface area contributed by atoms with Crippen molar-refractivity contribution in [2.75, 3.05) is 0 Å². The van der Waals surface area contributed by atoms with E-state index < -0.39 is 0 Å². The molecule has 34 heavy (non-hydrogen) atoms. The van der Waals surface area contributed by atoms with Crippen molar-refractivity contribution < 1.29 is 19.0 Å². The van der Waals surface area contributed by atoms with Crippen molar-refractivity contribution in [2.45, 2.75) is 97.4 Å². The standard InChI is InChI=1S/C30H36O4/c1-18(2)7-8-19-15-21(16-20-11-13-30(5,6)34-27(19)20)26-17-24(31)22-9-10-25-23(28(22)32-26)12-14-29(3,4)33-25/h7,9-10,15-16,26H,8,11-14,17H2,1-6H3/t26-/m0/s1. The molecular formula is C30H36O4. The molecule has 0 unspecified atom stereocenters. The van der Waals surface area contributed by atoms with Gasteiger partial charge < -0.3 is 14.2 Å². The van der Waals surface area contributed by atoms with E-state index >= 15 is 0 Å². The number of ketones is 1. The van der Waals surface area contributed by atoms with Gasteiger partial charge in [0, 0.05) is 5.56 Å². The Bertz CT molecular complexity index is 1180. The van der Waals surface area contributed by atoms with Gasteiger partial charge in [-0.25, -0.2) is 0 Å². The molecule has 5 rings (SSSR count). The molecule has 1 atom stereocenters. The second kappa shape index (κ2) is 8.18. The van der Waals surface area contributed by atoms with Gasteiger partial charge in [0.05, 0.1) is 12.0 Å². The van der Waals surface area contributed by atoms with Gasteiger partial charge in [0.15, 0.2) is 5.78 Å². The molecule has 0 N–H and O–H groups in total. The maximum Gasteiger partial charge on any atom is 0.170 e. The van der Waals surface area contributed by atoms with Gasteiger partial charge in [-0.1, -0.05) is 11.6 Å². The van der Waals surface area contributed by atoms with E-state index in [-0.39, 0.29) is 23.1 Å². The first-order valence-corrected chi connectivity index (χ1v) is 12.5. The normalized spacial score (nSPS) is 21.7. The van der Waals surface area contributed by atoms with E-state index in [1.807, 2.05) is 12.1 Å². The highest BCUT2D eigenvalue weighted by molar-refractivity contribution is 6.00. The summed E-state index contributed by atoms with van der Waals surface area (Å²) in [5, 5.41) is 0. The Kier molecular flexibility index (Phi) is 5.54. The Balaban J connectivity index is 1.54. The number of hydrogen-bond donors (Lipinski definition) is 0. The minimum absolute atomic E-state index is 0.139. The number of hydrogen-bond acceptors (Lipinski definition) is 4. The first-order chi connectivity index (χ1) is 16.0. The van der Waals surface area contributed by atoms with Crippen LogP contribution in [-0.4, -0.2) is 17.0 Å². The maximum atomic E-state index is 13.2. The largest absolute Gasteiger partial charge is 0.487 e. The third kappa shape index (κ3) is 4.35. The van der Waals surface area contributed by atoms with Crippen LogP contribution >= 0.6 is 0 Å². The molecule has 3 heterocycles. The predicted molar refractivity (Wildman–Crippen MR) is 134 cm³/mol. The molecule has 2 aromatic carbocycles. The van der Waals surface area contributed by atoms with Crippen LogP contribution in [0.1, 0.15) is 99.5 Å². The van der Waals surface area contributed by atoms with Gasteiger partial charge in [0.25, 0.3) is 0 Å². The average molecular weight is 461 g/mol. The van der Waals surface area contributed by atoms with Gasteiger partial charge in [0.1, 0.15) is 34.6 Å². The lowest BCUT2D eigenvalue weighted by molar-refractivity contribution is 0.0765. The van der Waals surface area contributed by atoms with E-state index in [9.17, 15) is 4.79 Å². The van der Waals surface area contributed by atoms with E-state index in [0.29, 0.717) is 12.0 Å². The van der Waals surface area contributed by atoms with Gasteiger partial charge in [-0.3, -0.25) is 4.79 Å². The number of benzene rings is 2. The SMILES string of the molecule is CC(C)=CCc1cc([C@@H]2CC(=O)c3ccc4c(c3O2)CCC(C)(C)O4)cc2c1OC(C)(C)CC2. The van der Waals surface area contributed by atoms with Crippen LogP contribution < -0.4 is 14.2 Å². The molecule has 180 valence electrons. The molecule has 2 aromatic rings. The Labute approximate surface area is 203 Å². The predicted octanol–water partition coefficient (Wildman–Crippen LogP) is 7.11. The van der Waals surface area contributed by atoms with Crippen molar-refractivity contribution in [2.24, 2.45) is 0 Å². The number of rotatable bonds is 3. The number of Topliss-reactive ketones (excluding diaryl/α,β-unsaturated/α-hetero) is 1. The Morgan fingerprint density at radius 2 is 1.74 bits per heavy atom. The smallest absolute Gasteiger partial charge is 0.170 e. The second-order valence-corrected chi connectivity index (χ2v) is 11.5. The number of allylic oxidation sites excluding steroid dienone is 2. The molecule has 0 bridgehead atoms. The minimum atomic E-state index is -0.299. The molecule has 4 heteroatoms. The van der Waals surface area contributed by atoms with Gasteiger partial charge in [0.2, 0.25) is 0 Å². The molecular weight excluding hydrogens is 424 g/mol. The molecule has 3 aliphatic rings. The van der Waals surface area contributed by atoms with Gasteiger partial charge in [-0.15, -0.1) is 0 Å². The van der Waals surface area contributed by atoms with E-state index in [0.717, 1.165) is 60.5 Å². The van der Waals surface area contributed by atoms with Crippen LogP contribution in [0.2, 0.25) is 0 Å². The number of aryl methyl sites for hydroxylation is 1. The fourth-order valence-corrected chi connectivity index (χ4v) is 5.23. The molecule has 0 aromatic heterocycles. The summed E-state index contributed by atoms with van der Waals surface area (Å²) in [5.41, 5.74) is 6.07. The third-order valence-corrected chi connectivity index (χ3v) is 7.25. The molecule has 0 saturated heterocycles. The highest BCUT2D eigenvalue weighted by Gasteiger charge is 2.36. The van der Waals surface area contributed by atoms with Crippen molar-refractivity contribution >= 4 is 5.78 Å². The van der Waals surface area contributed by atoms with E-state index in [1.165, 1.54) is 16.7 Å². The summed E-state index contributed by atoms with van der Waals surface area (Å²) in [5.74, 6) is 2.71. The zero-order chi connectivity index (χ0) is 24.3. The zero-order valence-corrected chi connectivity index (χ0v) is 21.3. The van der Waals surface area contributed by atoms with Gasteiger partial charge in [-0.05, 0) is 115 Å². The topological polar surface area (TPSA) is 44.8 Å². The van der Waals surface area contributed by atoms with Gasteiger partial charge >= 0.3 is 0 Å². The van der Waals surface area contributed by atoms with E-state index in [1.54, 1.807) is 0 Å². The van der Waals surface area contributed by atoms with Crippen LogP contribution in [0.3, 0.4) is 0 Å². The number of fused-ring (bicyclic) bond motifs is 4. The van der Waals surface area contributed by atoms with Crippen molar-refractivity contribution in [1.82, 2.24) is 0 Å². The molecule has 3 aliphatic heterocycles. The summed E-state index contributed by atoms with van der Waals surface area (Å²) in [7, 11) is 0. The number of ether oxygens (including phenoxy) is 3. The highest BCUT2D eigenvalue weighted by atomic mass is 16.5. The second-order valence-electron chi connectivity index (χ2n) is 11.5. The van der Waals surface area contributed by atoms with Crippen LogP contribution in [-0.2, 0) is 19.3 Å². The lowest BCUT2D eigenvalue weighted by Crippen LogP contribution is -2.34. The third-order valence-electron chi connectivity index (χ3n) is 7.25. The molecule has 0 spiro atoms. The van der Waals surface area contributed by atoms with Crippen LogP contribution in [0, 0.1) is 0 Å². The summed E-state index contributed by atoms with van der Waals surface area (Å²) in [6.45, 7) is 12.8. The summed E-state index contributed by atoms with van der Waals surface area (Å²) in [6.07, 6.45) is 6.79. The lowest BCUT2D eigenvalue weighted by Gasteiger charge is -2.36. The number of carbonyl (C=O) groups is 1. The van der Waals surface area contributed by atoms with E-state index in [4.69, 9.17) is 14.2 Å². The molecule has 0 fully saturated rings. The molecule has 0 saturated carbocycles. The van der Waals surface area contributed by atoms with Crippen LogP contribution in [0.4, 0.5) is 0 Å². The molecule has 4 nitrogen and oxygen atoms in total. The highest BCUT2D eigenvalue weighted by Crippen LogP contribution is 2.46. The minimum Gasteiger partial charge on any atom is -0.487 e. The Morgan fingerprint density at radius 3 is 2.50 bits per heavy atom. The van der Waals surface area contributed by atoms with Crippen molar-refractivity contribution in [3.63, 3.8) is 0 Å². The van der Waals surface area contributed by atoms with Gasteiger partial charge in [-0.2, -0.15) is 0 Å². The van der Waals surface area contributed by atoms with Crippen LogP contribution in [0.15, 0.2) is 35.9 Å².